The molecule has 0 unspecified atom stereocenters. The molecule has 5 heteroatoms. The molecule has 1 fully saturated rings. The first-order valence-corrected chi connectivity index (χ1v) is 8.33. The lowest BCUT2D eigenvalue weighted by atomic mass is 10.1. The molecular formula is C19H23N3O2. The van der Waals surface area contributed by atoms with Gasteiger partial charge in [0.2, 0.25) is 0 Å². The number of benzene rings is 1. The maximum Gasteiger partial charge on any atom is 0.261 e. The molecule has 0 spiro atoms. The van der Waals surface area contributed by atoms with Gasteiger partial charge in [0.1, 0.15) is 5.56 Å². The van der Waals surface area contributed by atoms with Gasteiger partial charge in [0.15, 0.2) is 0 Å². The molecular weight excluding hydrogens is 302 g/mol. The Kier molecular flexibility index (Phi) is 4.81. The number of hydrogen-bond acceptors (Lipinski definition) is 3. The minimum atomic E-state index is -0.355. The topological polar surface area (TPSA) is 65.2 Å². The number of likely N-dealkylation sites (tertiary alicyclic amines) is 1. The third-order valence-electron chi connectivity index (χ3n) is 4.65. The number of aromatic amines is 1. The van der Waals surface area contributed by atoms with Crippen molar-refractivity contribution in [3.63, 3.8) is 0 Å². The van der Waals surface area contributed by atoms with E-state index in [0.29, 0.717) is 12.6 Å². The fourth-order valence-electron chi connectivity index (χ4n) is 3.18. The van der Waals surface area contributed by atoms with Crippen LogP contribution in [0.2, 0.25) is 0 Å². The first-order chi connectivity index (χ1) is 11.5. The van der Waals surface area contributed by atoms with Crippen molar-refractivity contribution in [1.82, 2.24) is 15.2 Å². The van der Waals surface area contributed by atoms with Crippen molar-refractivity contribution in [2.45, 2.75) is 25.8 Å². The van der Waals surface area contributed by atoms with Gasteiger partial charge in [-0.3, -0.25) is 9.59 Å². The van der Waals surface area contributed by atoms with E-state index in [4.69, 9.17) is 0 Å². The van der Waals surface area contributed by atoms with Crippen molar-refractivity contribution in [1.29, 1.82) is 0 Å². The molecule has 1 aliphatic heterocycles. The standard InChI is InChI=1S/C19H23N3O2/c1-13-5-3-6-14(11-13)17-9-8-16(19(24)21-17)18(23)20-12-15-7-4-10-22(15)2/h3,5-6,8-9,11,15H,4,7,10,12H2,1-2H3,(H,20,23)(H,21,24)/t15-/m1/s1. The number of hydrogen-bond donors (Lipinski definition) is 2. The van der Waals surface area contributed by atoms with Gasteiger partial charge in [0.05, 0.1) is 0 Å². The second kappa shape index (κ2) is 7.01. The van der Waals surface area contributed by atoms with E-state index >= 15 is 0 Å². The van der Waals surface area contributed by atoms with Crippen LogP contribution in [0.4, 0.5) is 0 Å². The van der Waals surface area contributed by atoms with Gasteiger partial charge < -0.3 is 15.2 Å². The van der Waals surface area contributed by atoms with Crippen molar-refractivity contribution in [3.05, 3.63) is 57.9 Å². The fourth-order valence-corrected chi connectivity index (χ4v) is 3.18. The SMILES string of the molecule is Cc1cccc(-c2ccc(C(=O)NC[C@H]3CCCN3C)c(=O)[nH]2)c1. The van der Waals surface area contributed by atoms with E-state index in [2.05, 4.69) is 22.2 Å². The van der Waals surface area contributed by atoms with Crippen molar-refractivity contribution < 1.29 is 4.79 Å². The van der Waals surface area contributed by atoms with E-state index in [1.807, 2.05) is 31.2 Å². The van der Waals surface area contributed by atoms with Gasteiger partial charge in [-0.2, -0.15) is 0 Å². The van der Waals surface area contributed by atoms with Crippen LogP contribution in [0.15, 0.2) is 41.2 Å². The lowest BCUT2D eigenvalue weighted by molar-refractivity contribution is 0.0942. The minimum Gasteiger partial charge on any atom is -0.350 e. The molecule has 2 heterocycles. The van der Waals surface area contributed by atoms with Gasteiger partial charge in [-0.15, -0.1) is 0 Å². The van der Waals surface area contributed by atoms with E-state index in [1.165, 1.54) is 0 Å². The Morgan fingerprint density at radius 3 is 2.83 bits per heavy atom. The zero-order valence-corrected chi connectivity index (χ0v) is 14.1. The highest BCUT2D eigenvalue weighted by Crippen LogP contribution is 2.17. The van der Waals surface area contributed by atoms with Crippen molar-refractivity contribution in [3.8, 4) is 11.3 Å². The van der Waals surface area contributed by atoms with E-state index in [0.717, 1.165) is 36.2 Å². The summed E-state index contributed by atoms with van der Waals surface area (Å²) in [4.78, 5) is 29.6. The smallest absolute Gasteiger partial charge is 0.261 e. The number of carbonyl (C=O) groups is 1. The molecule has 1 aromatic heterocycles. The molecule has 1 amide bonds. The molecule has 1 aromatic carbocycles. The molecule has 1 saturated heterocycles. The van der Waals surface area contributed by atoms with Gasteiger partial charge in [-0.05, 0) is 57.1 Å². The monoisotopic (exact) mass is 325 g/mol. The largest absolute Gasteiger partial charge is 0.350 e. The molecule has 24 heavy (non-hydrogen) atoms. The Labute approximate surface area is 141 Å². The van der Waals surface area contributed by atoms with Gasteiger partial charge in [0.25, 0.3) is 11.5 Å². The van der Waals surface area contributed by atoms with E-state index < -0.39 is 0 Å². The van der Waals surface area contributed by atoms with Crippen LogP contribution in [0.25, 0.3) is 11.3 Å². The quantitative estimate of drug-likeness (QED) is 0.905. The zero-order valence-electron chi connectivity index (χ0n) is 14.1. The second-order valence-corrected chi connectivity index (χ2v) is 6.47. The molecule has 0 bridgehead atoms. The maximum absolute atomic E-state index is 12.3. The normalized spacial score (nSPS) is 17.8. The third kappa shape index (κ3) is 3.57. The van der Waals surface area contributed by atoms with E-state index in [1.54, 1.807) is 12.1 Å². The van der Waals surface area contributed by atoms with Gasteiger partial charge >= 0.3 is 0 Å². The Hall–Kier alpha value is -2.40. The van der Waals surface area contributed by atoms with Crippen molar-refractivity contribution in [2.75, 3.05) is 20.1 Å². The summed E-state index contributed by atoms with van der Waals surface area (Å²) < 4.78 is 0. The second-order valence-electron chi connectivity index (χ2n) is 6.47. The van der Waals surface area contributed by atoms with Crippen LogP contribution in [0.5, 0.6) is 0 Å². The van der Waals surface area contributed by atoms with Crippen LogP contribution >= 0.6 is 0 Å². The Morgan fingerprint density at radius 2 is 2.17 bits per heavy atom. The molecule has 1 atom stereocenters. The highest BCUT2D eigenvalue weighted by atomic mass is 16.2. The summed E-state index contributed by atoms with van der Waals surface area (Å²) in [6, 6.07) is 11.6. The van der Waals surface area contributed by atoms with Gasteiger partial charge in [-0.25, -0.2) is 0 Å². The molecule has 0 radical (unpaired) electrons. The molecule has 0 saturated carbocycles. The molecule has 2 N–H and O–H groups in total. The van der Waals surface area contributed by atoms with Crippen LogP contribution in [-0.2, 0) is 0 Å². The number of H-pyrrole nitrogens is 1. The van der Waals surface area contributed by atoms with Crippen LogP contribution in [0.1, 0.15) is 28.8 Å². The Morgan fingerprint density at radius 1 is 1.33 bits per heavy atom. The summed E-state index contributed by atoms with van der Waals surface area (Å²) in [6.07, 6.45) is 2.24. The van der Waals surface area contributed by atoms with E-state index in [9.17, 15) is 9.59 Å². The summed E-state index contributed by atoms with van der Waals surface area (Å²) in [7, 11) is 2.06. The molecule has 2 aromatic rings. The number of aromatic nitrogens is 1. The molecule has 3 rings (SSSR count). The lowest BCUT2D eigenvalue weighted by Crippen LogP contribution is -2.39. The predicted molar refractivity (Wildman–Crippen MR) is 95.2 cm³/mol. The van der Waals surface area contributed by atoms with Gasteiger partial charge in [0, 0.05) is 18.3 Å². The predicted octanol–water partition coefficient (Wildman–Crippen LogP) is 2.17. The van der Waals surface area contributed by atoms with Crippen LogP contribution in [0.3, 0.4) is 0 Å². The van der Waals surface area contributed by atoms with E-state index in [-0.39, 0.29) is 17.0 Å². The fraction of sp³-hybridized carbons (Fsp3) is 0.368. The molecule has 5 nitrogen and oxygen atoms in total. The number of likely N-dealkylation sites (N-methyl/N-ethyl adjacent to an activating group) is 1. The highest BCUT2D eigenvalue weighted by molar-refractivity contribution is 5.94. The average Bonchev–Trinajstić information content (AvgIpc) is 2.97. The number of carbonyl (C=O) groups excluding carboxylic acids is 1. The van der Waals surface area contributed by atoms with Crippen LogP contribution in [-0.4, -0.2) is 42.0 Å². The number of aryl methyl sites for hydroxylation is 1. The maximum atomic E-state index is 12.3. The molecule has 126 valence electrons. The summed E-state index contributed by atoms with van der Waals surface area (Å²) in [6.45, 7) is 3.64. The number of pyridine rings is 1. The third-order valence-corrected chi connectivity index (χ3v) is 4.65. The van der Waals surface area contributed by atoms with Crippen LogP contribution < -0.4 is 10.9 Å². The first-order valence-electron chi connectivity index (χ1n) is 8.33. The summed E-state index contributed by atoms with van der Waals surface area (Å²) in [5.41, 5.74) is 2.58. The van der Waals surface area contributed by atoms with Crippen molar-refractivity contribution in [2.24, 2.45) is 0 Å². The Balaban J connectivity index is 1.72. The summed E-state index contributed by atoms with van der Waals surface area (Å²) in [5, 5.41) is 2.88. The number of nitrogens with one attached hydrogen (secondary N) is 2. The Bertz CT molecular complexity index is 797. The number of amides is 1. The first kappa shape index (κ1) is 16.5. The highest BCUT2D eigenvalue weighted by Gasteiger charge is 2.21. The molecule has 0 aliphatic carbocycles. The summed E-state index contributed by atoms with van der Waals surface area (Å²) in [5.74, 6) is -0.313. The summed E-state index contributed by atoms with van der Waals surface area (Å²) >= 11 is 0. The molecule has 1 aliphatic rings. The average molecular weight is 325 g/mol. The van der Waals surface area contributed by atoms with Crippen molar-refractivity contribution >= 4 is 5.91 Å². The zero-order chi connectivity index (χ0) is 17.1. The number of rotatable bonds is 4. The van der Waals surface area contributed by atoms with Gasteiger partial charge in [-0.1, -0.05) is 23.8 Å². The number of nitrogens with zero attached hydrogens (tertiary/aromatic N) is 1. The minimum absolute atomic E-state index is 0.159. The van der Waals surface area contributed by atoms with Crippen LogP contribution in [0, 0.1) is 6.92 Å². The lowest BCUT2D eigenvalue weighted by Gasteiger charge is -2.19.